The van der Waals surface area contributed by atoms with Gasteiger partial charge in [0.15, 0.2) is 5.69 Å². The zero-order chi connectivity index (χ0) is 12.6. The fraction of sp³-hybridized carbons (Fsp3) is 0.571. The van der Waals surface area contributed by atoms with Crippen LogP contribution in [0.25, 0.3) is 0 Å². The van der Waals surface area contributed by atoms with Crippen LogP contribution in [-0.2, 0) is 22.6 Å². The van der Waals surface area contributed by atoms with Gasteiger partial charge in [-0.05, 0) is 15.9 Å². The molecule has 0 aromatic carbocycles. The molecule has 0 amide bonds. The molecule has 0 radical (unpaired) electrons. The lowest BCUT2D eigenvalue weighted by Crippen LogP contribution is -2.14. The second kappa shape index (κ2) is 4.36. The zero-order valence-corrected chi connectivity index (χ0v) is 10.5. The standard InChI is InChI=1S/C7H8BrF3N2O2S/c1-16(14,15)3-2-13-6(8)4-5(12-13)7(9,10)11/h4H,2-3H2,1H3. The van der Waals surface area contributed by atoms with Crippen LogP contribution in [-0.4, -0.2) is 30.2 Å². The summed E-state index contributed by atoms with van der Waals surface area (Å²) >= 11 is 2.88. The second-order valence-corrected chi connectivity index (χ2v) is 6.28. The Hall–Kier alpha value is -0.570. The summed E-state index contributed by atoms with van der Waals surface area (Å²) in [4.78, 5) is 0. The number of hydrogen-bond donors (Lipinski definition) is 0. The van der Waals surface area contributed by atoms with Gasteiger partial charge in [0.2, 0.25) is 0 Å². The lowest BCUT2D eigenvalue weighted by atomic mass is 10.4. The van der Waals surface area contributed by atoms with Gasteiger partial charge in [0.1, 0.15) is 14.4 Å². The Morgan fingerprint density at radius 2 is 2.06 bits per heavy atom. The van der Waals surface area contributed by atoms with Crippen molar-refractivity contribution >= 4 is 25.8 Å². The monoisotopic (exact) mass is 320 g/mol. The van der Waals surface area contributed by atoms with Gasteiger partial charge in [0, 0.05) is 12.3 Å². The van der Waals surface area contributed by atoms with E-state index in [2.05, 4.69) is 21.0 Å². The highest BCUT2D eigenvalue weighted by Gasteiger charge is 2.34. The maximum Gasteiger partial charge on any atom is 0.435 e. The molecule has 9 heteroatoms. The van der Waals surface area contributed by atoms with Crippen LogP contribution in [0.2, 0.25) is 0 Å². The van der Waals surface area contributed by atoms with E-state index in [4.69, 9.17) is 0 Å². The van der Waals surface area contributed by atoms with Crippen molar-refractivity contribution in [2.75, 3.05) is 12.0 Å². The van der Waals surface area contributed by atoms with Crippen LogP contribution < -0.4 is 0 Å². The first-order valence-electron chi connectivity index (χ1n) is 4.08. The molecule has 0 N–H and O–H groups in total. The highest BCUT2D eigenvalue weighted by molar-refractivity contribution is 9.10. The molecule has 0 saturated carbocycles. The average molecular weight is 321 g/mol. The van der Waals surface area contributed by atoms with E-state index >= 15 is 0 Å². The van der Waals surface area contributed by atoms with Crippen molar-refractivity contribution in [3.8, 4) is 0 Å². The lowest BCUT2D eigenvalue weighted by Gasteiger charge is -2.02. The van der Waals surface area contributed by atoms with Gasteiger partial charge in [-0.25, -0.2) is 8.42 Å². The second-order valence-electron chi connectivity index (χ2n) is 3.20. The van der Waals surface area contributed by atoms with Crippen LogP contribution in [0.5, 0.6) is 0 Å². The van der Waals surface area contributed by atoms with Crippen molar-refractivity contribution in [1.29, 1.82) is 0 Å². The molecule has 1 aromatic rings. The summed E-state index contributed by atoms with van der Waals surface area (Å²) in [6.45, 7) is -0.116. The largest absolute Gasteiger partial charge is 0.435 e. The molecule has 0 aliphatic heterocycles. The summed E-state index contributed by atoms with van der Waals surface area (Å²) in [6.07, 6.45) is -3.52. The van der Waals surface area contributed by atoms with Crippen molar-refractivity contribution < 1.29 is 21.6 Å². The van der Waals surface area contributed by atoms with Gasteiger partial charge in [-0.15, -0.1) is 0 Å². The number of nitrogens with zero attached hydrogens (tertiary/aromatic N) is 2. The molecule has 1 aromatic heterocycles. The number of sulfone groups is 1. The average Bonchev–Trinajstić information content (AvgIpc) is 2.41. The SMILES string of the molecule is CS(=O)(=O)CCn1nc(C(F)(F)F)cc1Br. The Morgan fingerprint density at radius 3 is 2.44 bits per heavy atom. The Morgan fingerprint density at radius 1 is 1.50 bits per heavy atom. The number of halogens is 4. The predicted octanol–water partition coefficient (Wildman–Crippen LogP) is 1.71. The molecule has 4 nitrogen and oxygen atoms in total. The molecule has 0 atom stereocenters. The van der Waals surface area contributed by atoms with Gasteiger partial charge in [0.25, 0.3) is 0 Å². The molecule has 0 bridgehead atoms. The van der Waals surface area contributed by atoms with Crippen molar-refractivity contribution in [2.24, 2.45) is 0 Å². The van der Waals surface area contributed by atoms with Crippen LogP contribution in [0.1, 0.15) is 5.69 Å². The van der Waals surface area contributed by atoms with Gasteiger partial charge in [0.05, 0.1) is 12.3 Å². The van der Waals surface area contributed by atoms with E-state index in [1.54, 1.807) is 0 Å². The number of aromatic nitrogens is 2. The van der Waals surface area contributed by atoms with Gasteiger partial charge in [-0.2, -0.15) is 18.3 Å². The molecular formula is C7H8BrF3N2O2S. The van der Waals surface area contributed by atoms with E-state index in [9.17, 15) is 21.6 Å². The molecule has 0 unspecified atom stereocenters. The number of hydrogen-bond acceptors (Lipinski definition) is 3. The summed E-state index contributed by atoms with van der Waals surface area (Å²) in [6, 6.07) is 0.808. The summed E-state index contributed by atoms with van der Waals surface area (Å²) < 4.78 is 59.5. The summed E-state index contributed by atoms with van der Waals surface area (Å²) in [5.74, 6) is -0.259. The van der Waals surface area contributed by atoms with E-state index in [1.165, 1.54) is 0 Å². The van der Waals surface area contributed by atoms with E-state index in [0.29, 0.717) is 0 Å². The predicted molar refractivity (Wildman–Crippen MR) is 54.6 cm³/mol. The smallest absolute Gasteiger partial charge is 0.257 e. The number of aryl methyl sites for hydroxylation is 1. The number of rotatable bonds is 3. The third-order valence-corrected chi connectivity index (χ3v) is 3.26. The van der Waals surface area contributed by atoms with E-state index in [0.717, 1.165) is 17.0 Å². The number of alkyl halides is 3. The van der Waals surface area contributed by atoms with Crippen molar-refractivity contribution in [2.45, 2.75) is 12.7 Å². The minimum Gasteiger partial charge on any atom is -0.257 e. The third-order valence-electron chi connectivity index (χ3n) is 1.70. The molecule has 1 rings (SSSR count). The molecule has 0 spiro atoms. The van der Waals surface area contributed by atoms with Gasteiger partial charge in [-0.1, -0.05) is 0 Å². The highest BCUT2D eigenvalue weighted by Crippen LogP contribution is 2.29. The molecule has 0 fully saturated rings. The molecule has 92 valence electrons. The minimum atomic E-state index is -4.53. The molecule has 1 heterocycles. The first-order chi connectivity index (χ1) is 7.09. The van der Waals surface area contributed by atoms with Crippen molar-refractivity contribution in [1.82, 2.24) is 9.78 Å². The van der Waals surface area contributed by atoms with Crippen LogP contribution >= 0.6 is 15.9 Å². The van der Waals surface area contributed by atoms with E-state index < -0.39 is 21.7 Å². The normalized spacial score (nSPS) is 13.1. The van der Waals surface area contributed by atoms with Crippen LogP contribution in [0.15, 0.2) is 10.7 Å². The van der Waals surface area contributed by atoms with Gasteiger partial charge >= 0.3 is 6.18 Å². The van der Waals surface area contributed by atoms with Gasteiger partial charge < -0.3 is 0 Å². The van der Waals surface area contributed by atoms with Crippen LogP contribution in [0, 0.1) is 0 Å². The maximum absolute atomic E-state index is 12.2. The fourth-order valence-corrected chi connectivity index (χ4v) is 1.92. The first-order valence-corrected chi connectivity index (χ1v) is 6.93. The Labute approximate surface area is 98.5 Å². The molecule has 0 saturated heterocycles. The third kappa shape index (κ3) is 3.78. The minimum absolute atomic E-state index is 0.100. The quantitative estimate of drug-likeness (QED) is 0.852. The zero-order valence-electron chi connectivity index (χ0n) is 8.12. The maximum atomic E-state index is 12.2. The summed E-state index contributed by atoms with van der Waals surface area (Å²) in [5, 5.41) is 3.26. The molecule has 0 aliphatic rings. The topological polar surface area (TPSA) is 52.0 Å². The van der Waals surface area contributed by atoms with Crippen molar-refractivity contribution in [3.63, 3.8) is 0 Å². The van der Waals surface area contributed by atoms with Crippen LogP contribution in [0.4, 0.5) is 13.2 Å². The first kappa shape index (κ1) is 13.5. The summed E-state index contributed by atoms with van der Waals surface area (Å²) in [5.41, 5.74) is -1.05. The van der Waals surface area contributed by atoms with E-state index in [-0.39, 0.29) is 16.9 Å². The Balaban J connectivity index is 2.87. The summed E-state index contributed by atoms with van der Waals surface area (Å²) in [7, 11) is -3.23. The van der Waals surface area contributed by atoms with Crippen molar-refractivity contribution in [3.05, 3.63) is 16.4 Å². The molecule has 0 aliphatic carbocycles. The molecule has 16 heavy (non-hydrogen) atoms. The van der Waals surface area contributed by atoms with Gasteiger partial charge in [-0.3, -0.25) is 4.68 Å². The fourth-order valence-electron chi connectivity index (χ4n) is 0.942. The molecular weight excluding hydrogens is 313 g/mol. The Kier molecular flexibility index (Phi) is 3.68. The van der Waals surface area contributed by atoms with Crippen LogP contribution in [0.3, 0.4) is 0 Å². The lowest BCUT2D eigenvalue weighted by molar-refractivity contribution is -0.141. The highest BCUT2D eigenvalue weighted by atomic mass is 79.9. The Bertz CT molecular complexity index is 480. The van der Waals surface area contributed by atoms with E-state index in [1.807, 2.05) is 0 Å².